The molecule has 0 aromatic heterocycles. The fourth-order valence-electron chi connectivity index (χ4n) is 2.20. The zero-order valence-electron chi connectivity index (χ0n) is 13.2. The van der Waals surface area contributed by atoms with E-state index in [1.165, 1.54) is 25.3 Å². The van der Waals surface area contributed by atoms with Crippen LogP contribution < -0.4 is 24.3 Å². The number of amides is 1. The van der Waals surface area contributed by atoms with Gasteiger partial charge in [-0.15, -0.1) is 0 Å². The summed E-state index contributed by atoms with van der Waals surface area (Å²) in [6.07, 6.45) is 0. The van der Waals surface area contributed by atoms with Crippen molar-refractivity contribution in [2.75, 3.05) is 25.8 Å². The second kappa shape index (κ2) is 6.95. The van der Waals surface area contributed by atoms with E-state index in [0.717, 1.165) is 0 Å². The lowest BCUT2D eigenvalue weighted by atomic mass is 10.2. The first-order valence-corrected chi connectivity index (χ1v) is 7.21. The molecule has 1 heterocycles. The Morgan fingerprint density at radius 2 is 2.04 bits per heavy atom. The topological polar surface area (TPSA) is 109 Å². The van der Waals surface area contributed by atoms with Crippen LogP contribution in [-0.4, -0.2) is 31.3 Å². The maximum absolute atomic E-state index is 12.0. The molecule has 0 bridgehead atoms. The number of nitrogens with zero attached hydrogens (tertiary/aromatic N) is 1. The number of nitro groups is 1. The van der Waals surface area contributed by atoms with E-state index in [9.17, 15) is 14.9 Å². The number of nitrogens with one attached hydrogen (secondary N) is 1. The minimum atomic E-state index is -0.545. The van der Waals surface area contributed by atoms with Crippen LogP contribution in [0.4, 0.5) is 11.4 Å². The van der Waals surface area contributed by atoms with Gasteiger partial charge < -0.3 is 24.3 Å². The van der Waals surface area contributed by atoms with E-state index < -0.39 is 10.8 Å². The minimum Gasteiger partial charge on any atom is -0.494 e. The van der Waals surface area contributed by atoms with Crippen LogP contribution in [0.25, 0.3) is 0 Å². The Bertz CT molecular complexity index is 822. The highest BCUT2D eigenvalue weighted by Gasteiger charge is 2.16. The molecule has 0 unspecified atom stereocenters. The van der Waals surface area contributed by atoms with E-state index >= 15 is 0 Å². The molecule has 2 aromatic carbocycles. The maximum atomic E-state index is 12.0. The van der Waals surface area contributed by atoms with Gasteiger partial charge in [0.25, 0.3) is 11.6 Å². The number of hydrogen-bond donors (Lipinski definition) is 1. The van der Waals surface area contributed by atoms with Crippen molar-refractivity contribution in [3.05, 3.63) is 46.5 Å². The number of anilines is 1. The number of carbonyl (C=O) groups is 1. The quantitative estimate of drug-likeness (QED) is 0.631. The van der Waals surface area contributed by atoms with Gasteiger partial charge in [0.1, 0.15) is 11.5 Å². The molecule has 9 heteroatoms. The Hall–Kier alpha value is -3.49. The summed E-state index contributed by atoms with van der Waals surface area (Å²) >= 11 is 0. The Balaban J connectivity index is 1.62. The van der Waals surface area contributed by atoms with E-state index in [2.05, 4.69) is 5.32 Å². The van der Waals surface area contributed by atoms with Crippen molar-refractivity contribution in [2.45, 2.75) is 0 Å². The number of benzene rings is 2. The first kappa shape index (κ1) is 16.4. The van der Waals surface area contributed by atoms with E-state index in [1.54, 1.807) is 18.2 Å². The third kappa shape index (κ3) is 3.71. The van der Waals surface area contributed by atoms with Gasteiger partial charge in [-0.2, -0.15) is 0 Å². The van der Waals surface area contributed by atoms with Gasteiger partial charge >= 0.3 is 0 Å². The van der Waals surface area contributed by atoms with Gasteiger partial charge in [0.2, 0.25) is 6.79 Å². The third-order valence-corrected chi connectivity index (χ3v) is 3.38. The number of carbonyl (C=O) groups excluding carboxylic acids is 1. The molecule has 1 aliphatic heterocycles. The molecule has 25 heavy (non-hydrogen) atoms. The van der Waals surface area contributed by atoms with E-state index in [0.29, 0.717) is 22.9 Å². The first-order chi connectivity index (χ1) is 12.1. The number of rotatable bonds is 6. The Labute approximate surface area is 142 Å². The second-order valence-corrected chi connectivity index (χ2v) is 4.99. The largest absolute Gasteiger partial charge is 0.494 e. The van der Waals surface area contributed by atoms with Crippen molar-refractivity contribution in [3.8, 4) is 23.0 Å². The molecule has 1 N–H and O–H groups in total. The predicted octanol–water partition coefficient (Wildman–Crippen LogP) is 2.35. The summed E-state index contributed by atoms with van der Waals surface area (Å²) in [4.78, 5) is 22.2. The molecule has 3 rings (SSSR count). The van der Waals surface area contributed by atoms with Crippen LogP contribution in [0.3, 0.4) is 0 Å². The van der Waals surface area contributed by atoms with Crippen LogP contribution in [0.1, 0.15) is 0 Å². The molecule has 0 saturated heterocycles. The molecule has 0 atom stereocenters. The summed E-state index contributed by atoms with van der Waals surface area (Å²) in [5.74, 6) is 1.37. The van der Waals surface area contributed by atoms with Crippen LogP contribution in [0, 0.1) is 10.1 Å². The highest BCUT2D eigenvalue weighted by molar-refractivity contribution is 5.93. The number of hydrogen-bond acceptors (Lipinski definition) is 7. The molecule has 0 spiro atoms. The van der Waals surface area contributed by atoms with Crippen molar-refractivity contribution in [2.24, 2.45) is 0 Å². The van der Waals surface area contributed by atoms with Crippen LogP contribution in [0.5, 0.6) is 23.0 Å². The smallest absolute Gasteiger partial charge is 0.273 e. The minimum absolute atomic E-state index is 0.133. The summed E-state index contributed by atoms with van der Waals surface area (Å²) in [7, 11) is 1.36. The average Bonchev–Trinajstić information content (AvgIpc) is 3.07. The molecule has 1 amide bonds. The maximum Gasteiger partial charge on any atom is 0.273 e. The van der Waals surface area contributed by atoms with Gasteiger partial charge in [-0.3, -0.25) is 14.9 Å². The molecule has 130 valence electrons. The van der Waals surface area contributed by atoms with Gasteiger partial charge in [-0.25, -0.2) is 0 Å². The highest BCUT2D eigenvalue weighted by Crippen LogP contribution is 2.35. The third-order valence-electron chi connectivity index (χ3n) is 3.38. The summed E-state index contributed by atoms with van der Waals surface area (Å²) in [6, 6.07) is 8.88. The standard InChI is InChI=1S/C16H14N2O7/c1-22-14-6-10(18(20)21)2-4-12(14)17-16(19)8-23-11-3-5-13-15(7-11)25-9-24-13/h2-7H,8-9H2,1H3,(H,17,19). The van der Waals surface area contributed by atoms with E-state index in [4.69, 9.17) is 18.9 Å². The molecule has 0 radical (unpaired) electrons. The molecular weight excluding hydrogens is 332 g/mol. The fourth-order valence-corrected chi connectivity index (χ4v) is 2.20. The van der Waals surface area contributed by atoms with Crippen LogP contribution >= 0.6 is 0 Å². The van der Waals surface area contributed by atoms with Gasteiger partial charge in [0, 0.05) is 12.1 Å². The number of non-ortho nitro benzene ring substituents is 1. The monoisotopic (exact) mass is 346 g/mol. The highest BCUT2D eigenvalue weighted by atomic mass is 16.7. The van der Waals surface area contributed by atoms with E-state index in [1.807, 2.05) is 0 Å². The number of methoxy groups -OCH3 is 1. The van der Waals surface area contributed by atoms with Crippen molar-refractivity contribution in [1.29, 1.82) is 0 Å². The number of ether oxygens (including phenoxy) is 4. The van der Waals surface area contributed by atoms with Gasteiger partial charge in [-0.05, 0) is 18.2 Å². The van der Waals surface area contributed by atoms with Crippen molar-refractivity contribution < 1.29 is 28.7 Å². The summed E-state index contributed by atoms with van der Waals surface area (Å²) < 4.78 is 20.9. The summed E-state index contributed by atoms with van der Waals surface area (Å²) in [6.45, 7) is -0.0982. The molecule has 9 nitrogen and oxygen atoms in total. The lowest BCUT2D eigenvalue weighted by Gasteiger charge is -2.11. The van der Waals surface area contributed by atoms with Gasteiger partial charge in [0.05, 0.1) is 23.8 Å². The van der Waals surface area contributed by atoms with Crippen molar-refractivity contribution in [1.82, 2.24) is 0 Å². The van der Waals surface area contributed by atoms with Gasteiger partial charge in [0.15, 0.2) is 18.1 Å². The first-order valence-electron chi connectivity index (χ1n) is 7.21. The summed E-state index contributed by atoms with van der Waals surface area (Å²) in [5, 5.41) is 13.3. The number of nitro benzene ring substituents is 1. The second-order valence-electron chi connectivity index (χ2n) is 4.99. The molecule has 2 aromatic rings. The Morgan fingerprint density at radius 1 is 1.24 bits per heavy atom. The molecule has 0 fully saturated rings. The lowest BCUT2D eigenvalue weighted by molar-refractivity contribution is -0.384. The van der Waals surface area contributed by atoms with E-state index in [-0.39, 0.29) is 24.8 Å². The van der Waals surface area contributed by atoms with Crippen LogP contribution in [-0.2, 0) is 4.79 Å². The normalized spacial score (nSPS) is 11.7. The zero-order valence-corrected chi connectivity index (χ0v) is 13.2. The number of fused-ring (bicyclic) bond motifs is 1. The van der Waals surface area contributed by atoms with Gasteiger partial charge in [-0.1, -0.05) is 0 Å². The predicted molar refractivity (Wildman–Crippen MR) is 86.3 cm³/mol. The van der Waals surface area contributed by atoms with Crippen LogP contribution in [0.15, 0.2) is 36.4 Å². The van der Waals surface area contributed by atoms with Crippen molar-refractivity contribution in [3.63, 3.8) is 0 Å². The molecule has 0 aliphatic carbocycles. The van der Waals surface area contributed by atoms with Crippen LogP contribution in [0.2, 0.25) is 0 Å². The Morgan fingerprint density at radius 3 is 2.80 bits per heavy atom. The summed E-state index contributed by atoms with van der Waals surface area (Å²) in [5.41, 5.74) is 0.179. The molecular formula is C16H14N2O7. The fraction of sp³-hybridized carbons (Fsp3) is 0.188. The molecule has 1 aliphatic rings. The SMILES string of the molecule is COc1cc([N+](=O)[O-])ccc1NC(=O)COc1ccc2c(c1)OCO2. The molecule has 0 saturated carbocycles. The zero-order chi connectivity index (χ0) is 17.8. The average molecular weight is 346 g/mol. The van der Waals surface area contributed by atoms with Crippen molar-refractivity contribution >= 4 is 17.3 Å². The lowest BCUT2D eigenvalue weighted by Crippen LogP contribution is -2.20. The Kier molecular flexibility index (Phi) is 4.55.